The van der Waals surface area contributed by atoms with Gasteiger partial charge in [0.1, 0.15) is 10.6 Å². The molecule has 0 aliphatic carbocycles. The molecular weight excluding hydrogens is 268 g/mol. The molecule has 0 amide bonds. The molecule has 1 aliphatic heterocycles. The van der Waals surface area contributed by atoms with Gasteiger partial charge in [-0.05, 0) is 29.7 Å². The van der Waals surface area contributed by atoms with Crippen LogP contribution in [0.2, 0.25) is 0 Å². The van der Waals surface area contributed by atoms with Gasteiger partial charge in [0.25, 0.3) is 0 Å². The van der Waals surface area contributed by atoms with Crippen molar-refractivity contribution in [3.05, 3.63) is 11.4 Å². The van der Waals surface area contributed by atoms with E-state index in [9.17, 15) is 0 Å². The fraction of sp³-hybridized carbons (Fsp3) is 0.600. The molecule has 4 nitrogen and oxygen atoms in total. The quantitative estimate of drug-likeness (QED) is 0.934. The van der Waals surface area contributed by atoms with E-state index in [1.165, 1.54) is 5.39 Å². The standard InChI is InChI=1S/C15H22N4S/c1-4-6-16-15-17-13(12-5-7-20-14(12)18-15)19-8-10(2)11(3)9-19/h5,7,10-11H,4,6,8-9H2,1-3H3,(H,16,17,18). The molecule has 3 heterocycles. The van der Waals surface area contributed by atoms with E-state index >= 15 is 0 Å². The average molecular weight is 290 g/mol. The van der Waals surface area contributed by atoms with Crippen molar-refractivity contribution >= 4 is 33.3 Å². The van der Waals surface area contributed by atoms with Gasteiger partial charge in [-0.3, -0.25) is 0 Å². The lowest BCUT2D eigenvalue weighted by Gasteiger charge is -2.19. The molecular formula is C15H22N4S. The van der Waals surface area contributed by atoms with Gasteiger partial charge in [-0.1, -0.05) is 20.8 Å². The molecule has 0 spiro atoms. The second-order valence-corrected chi connectivity index (χ2v) is 6.69. The number of hydrogen-bond donors (Lipinski definition) is 1. The van der Waals surface area contributed by atoms with E-state index < -0.39 is 0 Å². The normalized spacial score (nSPS) is 22.6. The van der Waals surface area contributed by atoms with Crippen molar-refractivity contribution in [3.63, 3.8) is 0 Å². The van der Waals surface area contributed by atoms with Crippen molar-refractivity contribution in [1.29, 1.82) is 0 Å². The first kappa shape index (κ1) is 13.6. The molecule has 2 atom stereocenters. The third-order valence-corrected chi connectivity index (χ3v) is 4.93. The summed E-state index contributed by atoms with van der Waals surface area (Å²) in [5.41, 5.74) is 0. The van der Waals surface area contributed by atoms with Crippen LogP contribution >= 0.6 is 11.3 Å². The minimum Gasteiger partial charge on any atom is -0.355 e. The van der Waals surface area contributed by atoms with E-state index in [-0.39, 0.29) is 0 Å². The summed E-state index contributed by atoms with van der Waals surface area (Å²) < 4.78 is 0. The van der Waals surface area contributed by atoms with Gasteiger partial charge in [0.2, 0.25) is 5.95 Å². The Morgan fingerprint density at radius 3 is 2.75 bits per heavy atom. The fourth-order valence-electron chi connectivity index (χ4n) is 2.70. The summed E-state index contributed by atoms with van der Waals surface area (Å²) in [6.45, 7) is 9.91. The first-order valence-electron chi connectivity index (χ1n) is 7.43. The number of aromatic nitrogens is 2. The van der Waals surface area contributed by atoms with Crippen LogP contribution in [0.4, 0.5) is 11.8 Å². The summed E-state index contributed by atoms with van der Waals surface area (Å²) in [6.07, 6.45) is 1.08. The molecule has 108 valence electrons. The zero-order valence-corrected chi connectivity index (χ0v) is 13.2. The van der Waals surface area contributed by atoms with Gasteiger partial charge in [-0.25, -0.2) is 4.98 Å². The number of hydrogen-bond acceptors (Lipinski definition) is 5. The Bertz CT molecular complexity index is 585. The number of rotatable bonds is 4. The van der Waals surface area contributed by atoms with Crippen LogP contribution in [-0.4, -0.2) is 29.6 Å². The molecule has 2 aromatic rings. The highest BCUT2D eigenvalue weighted by Crippen LogP contribution is 2.33. The topological polar surface area (TPSA) is 41.1 Å². The molecule has 2 aromatic heterocycles. The lowest BCUT2D eigenvalue weighted by Crippen LogP contribution is -2.21. The van der Waals surface area contributed by atoms with Crippen LogP contribution in [0.5, 0.6) is 0 Å². The number of thiophene rings is 1. The second kappa shape index (κ2) is 5.56. The smallest absolute Gasteiger partial charge is 0.226 e. The van der Waals surface area contributed by atoms with Crippen molar-refractivity contribution in [2.75, 3.05) is 29.9 Å². The second-order valence-electron chi connectivity index (χ2n) is 5.80. The van der Waals surface area contributed by atoms with E-state index in [1.54, 1.807) is 11.3 Å². The molecule has 20 heavy (non-hydrogen) atoms. The van der Waals surface area contributed by atoms with Crippen molar-refractivity contribution in [2.24, 2.45) is 11.8 Å². The van der Waals surface area contributed by atoms with Crippen LogP contribution in [0.25, 0.3) is 10.2 Å². The van der Waals surface area contributed by atoms with E-state index in [1.807, 2.05) is 0 Å². The SMILES string of the molecule is CCCNc1nc(N2CC(C)C(C)C2)c2ccsc2n1. The molecule has 0 radical (unpaired) electrons. The Hall–Kier alpha value is -1.36. The van der Waals surface area contributed by atoms with Crippen LogP contribution in [0.3, 0.4) is 0 Å². The van der Waals surface area contributed by atoms with Gasteiger partial charge in [0, 0.05) is 19.6 Å². The highest BCUT2D eigenvalue weighted by molar-refractivity contribution is 7.16. The molecule has 1 aliphatic rings. The van der Waals surface area contributed by atoms with E-state index in [4.69, 9.17) is 4.98 Å². The highest BCUT2D eigenvalue weighted by Gasteiger charge is 2.28. The van der Waals surface area contributed by atoms with Crippen molar-refractivity contribution in [2.45, 2.75) is 27.2 Å². The average Bonchev–Trinajstić information content (AvgIpc) is 3.03. The van der Waals surface area contributed by atoms with Gasteiger partial charge >= 0.3 is 0 Å². The molecule has 0 saturated carbocycles. The first-order chi connectivity index (χ1) is 9.69. The van der Waals surface area contributed by atoms with Crippen LogP contribution in [0, 0.1) is 11.8 Å². The fourth-order valence-corrected chi connectivity index (χ4v) is 3.46. The minimum absolute atomic E-state index is 0.728. The molecule has 0 bridgehead atoms. The Balaban J connectivity index is 1.97. The highest BCUT2D eigenvalue weighted by atomic mass is 32.1. The van der Waals surface area contributed by atoms with E-state index in [2.05, 4.69) is 47.4 Å². The molecule has 5 heteroatoms. The molecule has 2 unspecified atom stereocenters. The monoisotopic (exact) mass is 290 g/mol. The summed E-state index contributed by atoms with van der Waals surface area (Å²) in [5, 5.41) is 6.62. The zero-order chi connectivity index (χ0) is 14.1. The maximum absolute atomic E-state index is 4.77. The predicted molar refractivity (Wildman–Crippen MR) is 86.7 cm³/mol. The first-order valence-corrected chi connectivity index (χ1v) is 8.31. The van der Waals surface area contributed by atoms with Gasteiger partial charge in [0.05, 0.1) is 5.39 Å². The minimum atomic E-state index is 0.728. The zero-order valence-electron chi connectivity index (χ0n) is 12.4. The Kier molecular flexibility index (Phi) is 3.78. The summed E-state index contributed by atoms with van der Waals surface area (Å²) in [7, 11) is 0. The Morgan fingerprint density at radius 2 is 2.05 bits per heavy atom. The third kappa shape index (κ3) is 2.46. The summed E-state index contributed by atoms with van der Waals surface area (Å²) in [4.78, 5) is 12.9. The van der Waals surface area contributed by atoms with Crippen LogP contribution < -0.4 is 10.2 Å². The predicted octanol–water partition coefficient (Wildman–Crippen LogP) is 3.61. The molecule has 1 fully saturated rings. The van der Waals surface area contributed by atoms with Gasteiger partial charge in [-0.2, -0.15) is 4.98 Å². The molecule has 1 N–H and O–H groups in total. The van der Waals surface area contributed by atoms with Crippen LogP contribution in [0.1, 0.15) is 27.2 Å². The van der Waals surface area contributed by atoms with Gasteiger partial charge in [-0.15, -0.1) is 11.3 Å². The maximum atomic E-state index is 4.77. The number of anilines is 2. The molecule has 0 aromatic carbocycles. The third-order valence-electron chi connectivity index (χ3n) is 4.13. The number of nitrogens with one attached hydrogen (secondary N) is 1. The number of fused-ring (bicyclic) bond motifs is 1. The maximum Gasteiger partial charge on any atom is 0.226 e. The van der Waals surface area contributed by atoms with Crippen molar-refractivity contribution in [1.82, 2.24) is 9.97 Å². The largest absolute Gasteiger partial charge is 0.355 e. The van der Waals surface area contributed by atoms with E-state index in [0.29, 0.717) is 0 Å². The van der Waals surface area contributed by atoms with E-state index in [0.717, 1.165) is 54.5 Å². The van der Waals surface area contributed by atoms with Gasteiger partial charge in [0.15, 0.2) is 0 Å². The Labute approximate surface area is 124 Å². The van der Waals surface area contributed by atoms with Crippen LogP contribution in [-0.2, 0) is 0 Å². The Morgan fingerprint density at radius 1 is 1.30 bits per heavy atom. The lowest BCUT2D eigenvalue weighted by atomic mass is 10.0. The molecule has 3 rings (SSSR count). The van der Waals surface area contributed by atoms with Crippen molar-refractivity contribution < 1.29 is 0 Å². The molecule has 1 saturated heterocycles. The van der Waals surface area contributed by atoms with Crippen LogP contribution in [0.15, 0.2) is 11.4 Å². The summed E-state index contributed by atoms with van der Waals surface area (Å²) >= 11 is 1.69. The summed E-state index contributed by atoms with van der Waals surface area (Å²) in [5.74, 6) is 3.33. The summed E-state index contributed by atoms with van der Waals surface area (Å²) in [6, 6.07) is 2.15. The number of nitrogens with zero attached hydrogens (tertiary/aromatic N) is 3. The van der Waals surface area contributed by atoms with Crippen molar-refractivity contribution in [3.8, 4) is 0 Å². The van der Waals surface area contributed by atoms with Gasteiger partial charge < -0.3 is 10.2 Å². The lowest BCUT2D eigenvalue weighted by molar-refractivity contribution is 0.494.